The van der Waals surface area contributed by atoms with Gasteiger partial charge in [-0.25, -0.2) is 9.59 Å². The maximum atomic E-state index is 12.1. The predicted molar refractivity (Wildman–Crippen MR) is 106 cm³/mol. The average molecular weight is 390 g/mol. The van der Waals surface area contributed by atoms with Crippen molar-refractivity contribution in [1.29, 1.82) is 5.26 Å². The van der Waals surface area contributed by atoms with Gasteiger partial charge < -0.3 is 19.8 Å². The van der Waals surface area contributed by atoms with E-state index < -0.39 is 12.1 Å². The summed E-state index contributed by atoms with van der Waals surface area (Å²) >= 11 is 0. The lowest BCUT2D eigenvalue weighted by atomic mass is 10.2. The third-order valence-electron chi connectivity index (χ3n) is 4.13. The third kappa shape index (κ3) is 4.36. The molecule has 0 atom stereocenters. The summed E-state index contributed by atoms with van der Waals surface area (Å²) in [6, 6.07) is 17.9. The number of rotatable bonds is 5. The Hall–Kier alpha value is -4.25. The molecule has 146 valence electrons. The Morgan fingerprint density at radius 1 is 1.17 bits per heavy atom. The lowest BCUT2D eigenvalue weighted by Gasteiger charge is -2.11. The van der Waals surface area contributed by atoms with E-state index in [1.54, 1.807) is 24.3 Å². The molecule has 0 unspecified atom stereocenters. The Kier molecular flexibility index (Phi) is 5.80. The number of ether oxygens (including phenoxy) is 2. The number of anilines is 2. The molecule has 8 heteroatoms. The first-order valence-electron chi connectivity index (χ1n) is 8.61. The van der Waals surface area contributed by atoms with Crippen LogP contribution in [0.4, 0.5) is 16.2 Å². The molecule has 3 rings (SSSR count). The smallest absolute Gasteiger partial charge is 0.411 e. The van der Waals surface area contributed by atoms with Gasteiger partial charge in [-0.15, -0.1) is 0 Å². The number of hydrogen-bond acceptors (Lipinski definition) is 6. The zero-order valence-corrected chi connectivity index (χ0v) is 15.6. The molecule has 29 heavy (non-hydrogen) atoms. The number of methoxy groups -OCH3 is 1. The number of amides is 1. The number of nitriles is 1. The largest absolute Gasteiger partial charge is 0.464 e. The highest BCUT2D eigenvalue weighted by atomic mass is 16.5. The van der Waals surface area contributed by atoms with Gasteiger partial charge in [0.05, 0.1) is 18.4 Å². The van der Waals surface area contributed by atoms with Gasteiger partial charge in [0.15, 0.2) is 5.69 Å². The Bertz CT molecular complexity index is 1080. The molecule has 1 amide bonds. The fourth-order valence-electron chi connectivity index (χ4n) is 2.73. The van der Waals surface area contributed by atoms with Crippen LogP contribution in [-0.2, 0) is 16.1 Å². The molecule has 0 fully saturated rings. The molecule has 2 aromatic carbocycles. The van der Waals surface area contributed by atoms with Crippen LogP contribution in [-0.4, -0.2) is 23.7 Å². The number of nitrogen functional groups attached to an aromatic ring is 1. The minimum atomic E-state index is -0.676. The minimum Gasteiger partial charge on any atom is -0.464 e. The summed E-state index contributed by atoms with van der Waals surface area (Å²) in [6.07, 6.45) is 0.818. The number of aromatic nitrogens is 1. The second kappa shape index (κ2) is 8.63. The van der Waals surface area contributed by atoms with E-state index in [9.17, 15) is 14.9 Å². The first-order valence-corrected chi connectivity index (χ1v) is 8.61. The lowest BCUT2D eigenvalue weighted by Crippen LogP contribution is -2.14. The number of carbonyl (C=O) groups excluding carboxylic acids is 2. The van der Waals surface area contributed by atoms with Crippen molar-refractivity contribution in [2.45, 2.75) is 6.61 Å². The van der Waals surface area contributed by atoms with Gasteiger partial charge in [0, 0.05) is 17.6 Å². The second-order valence-electron chi connectivity index (χ2n) is 6.02. The molecule has 1 aromatic heterocycles. The molecular formula is C21H18N4O4. The minimum absolute atomic E-state index is 0.0278. The summed E-state index contributed by atoms with van der Waals surface area (Å²) in [5, 5.41) is 11.8. The van der Waals surface area contributed by atoms with Gasteiger partial charge in [0.1, 0.15) is 12.7 Å². The molecule has 0 saturated heterocycles. The molecule has 8 nitrogen and oxygen atoms in total. The fourth-order valence-corrected chi connectivity index (χ4v) is 2.73. The van der Waals surface area contributed by atoms with Crippen LogP contribution in [0.15, 0.2) is 60.8 Å². The van der Waals surface area contributed by atoms with Gasteiger partial charge in [0.25, 0.3) is 0 Å². The normalized spacial score (nSPS) is 10.1. The summed E-state index contributed by atoms with van der Waals surface area (Å²) in [5.41, 5.74) is 7.94. The standard InChI is InChI=1S/C21H18N4O4/c1-28-20(26)19-18(23)15(11-22)12-25(19)17-9-5-8-16(10-17)24-21(27)29-13-14-6-3-2-4-7-14/h2-10,12H,13,23H2,1H3,(H,24,27). The van der Waals surface area contributed by atoms with E-state index in [0.717, 1.165) is 5.56 Å². The van der Waals surface area contributed by atoms with Crippen LogP contribution in [0.25, 0.3) is 5.69 Å². The van der Waals surface area contributed by atoms with Gasteiger partial charge in [-0.2, -0.15) is 5.26 Å². The van der Waals surface area contributed by atoms with Gasteiger partial charge >= 0.3 is 12.1 Å². The molecule has 0 aliphatic heterocycles. The number of nitrogens with zero attached hydrogens (tertiary/aromatic N) is 2. The van der Waals surface area contributed by atoms with Crippen LogP contribution in [0, 0.1) is 11.3 Å². The molecule has 0 aliphatic rings. The van der Waals surface area contributed by atoms with Crippen LogP contribution in [0.5, 0.6) is 0 Å². The molecule has 3 N–H and O–H groups in total. The first-order chi connectivity index (χ1) is 14.0. The summed E-state index contributed by atoms with van der Waals surface area (Å²) in [7, 11) is 1.23. The lowest BCUT2D eigenvalue weighted by molar-refractivity contribution is 0.0593. The fraction of sp³-hybridized carbons (Fsp3) is 0.0952. The Balaban J connectivity index is 1.80. The summed E-state index contributed by atoms with van der Waals surface area (Å²) < 4.78 is 11.4. The average Bonchev–Trinajstić information content (AvgIpc) is 3.09. The van der Waals surface area contributed by atoms with E-state index in [-0.39, 0.29) is 23.6 Å². The number of nitrogens with one attached hydrogen (secondary N) is 1. The number of hydrogen-bond donors (Lipinski definition) is 2. The molecule has 0 spiro atoms. The molecule has 0 saturated carbocycles. The van der Waals surface area contributed by atoms with Crippen molar-refractivity contribution >= 4 is 23.4 Å². The zero-order valence-electron chi connectivity index (χ0n) is 15.6. The van der Waals surface area contributed by atoms with E-state index in [2.05, 4.69) is 5.32 Å². The quantitative estimate of drug-likeness (QED) is 0.644. The van der Waals surface area contributed by atoms with Crippen LogP contribution in [0.3, 0.4) is 0 Å². The van der Waals surface area contributed by atoms with E-state index in [0.29, 0.717) is 11.4 Å². The number of benzene rings is 2. The van der Waals surface area contributed by atoms with E-state index in [1.165, 1.54) is 17.9 Å². The summed E-state index contributed by atoms with van der Waals surface area (Å²) in [5.74, 6) is -0.676. The van der Waals surface area contributed by atoms with Crippen molar-refractivity contribution in [1.82, 2.24) is 4.57 Å². The Labute approximate surface area is 167 Å². The SMILES string of the molecule is COC(=O)c1c(N)c(C#N)cn1-c1cccc(NC(=O)OCc2ccccc2)c1. The maximum absolute atomic E-state index is 12.1. The number of nitrogens with two attached hydrogens (primary N) is 1. The van der Waals surface area contributed by atoms with Gasteiger partial charge in [0.2, 0.25) is 0 Å². The molecule has 1 heterocycles. The van der Waals surface area contributed by atoms with Crippen molar-refractivity contribution in [3.8, 4) is 11.8 Å². The monoisotopic (exact) mass is 390 g/mol. The predicted octanol–water partition coefficient (Wildman–Crippen LogP) is 3.47. The summed E-state index contributed by atoms with van der Waals surface area (Å²) in [4.78, 5) is 24.2. The first kappa shape index (κ1) is 19.5. The molecule has 0 bridgehead atoms. The summed E-state index contributed by atoms with van der Waals surface area (Å²) in [6.45, 7) is 0.137. The van der Waals surface area contributed by atoms with Crippen molar-refractivity contribution in [3.63, 3.8) is 0 Å². The van der Waals surface area contributed by atoms with Gasteiger partial charge in [-0.3, -0.25) is 5.32 Å². The molecule has 3 aromatic rings. The third-order valence-corrected chi connectivity index (χ3v) is 4.13. The van der Waals surface area contributed by atoms with E-state index >= 15 is 0 Å². The van der Waals surface area contributed by atoms with E-state index in [1.807, 2.05) is 36.4 Å². The van der Waals surface area contributed by atoms with Crippen LogP contribution >= 0.6 is 0 Å². The van der Waals surface area contributed by atoms with Gasteiger partial charge in [-0.1, -0.05) is 36.4 Å². The molecular weight excluding hydrogens is 372 g/mol. The van der Waals surface area contributed by atoms with Crippen LogP contribution in [0.1, 0.15) is 21.6 Å². The molecule has 0 radical (unpaired) electrons. The maximum Gasteiger partial charge on any atom is 0.411 e. The van der Waals surface area contributed by atoms with E-state index in [4.69, 9.17) is 15.2 Å². The second-order valence-corrected chi connectivity index (χ2v) is 6.02. The van der Waals surface area contributed by atoms with Crippen molar-refractivity contribution in [2.75, 3.05) is 18.2 Å². The Morgan fingerprint density at radius 2 is 1.93 bits per heavy atom. The topological polar surface area (TPSA) is 119 Å². The highest BCUT2D eigenvalue weighted by molar-refractivity contribution is 5.96. The Morgan fingerprint density at radius 3 is 2.62 bits per heavy atom. The van der Waals surface area contributed by atoms with Crippen LogP contribution in [0.2, 0.25) is 0 Å². The zero-order chi connectivity index (χ0) is 20.8. The van der Waals surface area contributed by atoms with Crippen molar-refractivity contribution < 1.29 is 19.1 Å². The molecule has 0 aliphatic carbocycles. The number of carbonyl (C=O) groups is 2. The van der Waals surface area contributed by atoms with Gasteiger partial charge in [-0.05, 0) is 23.8 Å². The van der Waals surface area contributed by atoms with Crippen molar-refractivity contribution in [2.24, 2.45) is 0 Å². The highest BCUT2D eigenvalue weighted by Gasteiger charge is 2.21. The number of esters is 1. The van der Waals surface area contributed by atoms with Crippen LogP contribution < -0.4 is 11.1 Å². The highest BCUT2D eigenvalue weighted by Crippen LogP contribution is 2.26. The van der Waals surface area contributed by atoms with Crippen molar-refractivity contribution in [3.05, 3.63) is 77.6 Å².